The lowest BCUT2D eigenvalue weighted by Gasteiger charge is -2.06. The van der Waals surface area contributed by atoms with E-state index in [1.165, 1.54) is 30.3 Å². The van der Waals surface area contributed by atoms with Crippen LogP contribution in [0.15, 0.2) is 42.5 Å². The Labute approximate surface area is 120 Å². The molecule has 0 aliphatic heterocycles. The molecule has 0 radical (unpaired) electrons. The highest BCUT2D eigenvalue weighted by atomic mass is 19.1. The summed E-state index contributed by atoms with van der Waals surface area (Å²) in [6.45, 7) is 0.120. The molecule has 0 spiro atoms. The van der Waals surface area contributed by atoms with Crippen LogP contribution >= 0.6 is 0 Å². The molecule has 0 saturated carbocycles. The van der Waals surface area contributed by atoms with Crippen LogP contribution in [0.2, 0.25) is 0 Å². The Hall–Kier alpha value is -2.71. The van der Waals surface area contributed by atoms with Gasteiger partial charge in [0.25, 0.3) is 5.91 Å². The second-order valence-electron chi connectivity index (χ2n) is 4.13. The van der Waals surface area contributed by atoms with Crippen LogP contribution in [0.5, 0.6) is 0 Å². The van der Waals surface area contributed by atoms with Crippen LogP contribution in [-0.2, 0) is 0 Å². The quantitative estimate of drug-likeness (QED) is 0.834. The maximum atomic E-state index is 13.8. The van der Waals surface area contributed by atoms with Gasteiger partial charge in [-0.05, 0) is 30.3 Å². The van der Waals surface area contributed by atoms with E-state index in [1.54, 1.807) is 6.07 Å². The van der Waals surface area contributed by atoms with E-state index < -0.39 is 17.5 Å². The molecular weight excluding hydrogens is 274 g/mol. The van der Waals surface area contributed by atoms with E-state index >= 15 is 0 Å². The summed E-state index contributed by atoms with van der Waals surface area (Å²) in [4.78, 5) is 11.9. The third kappa shape index (κ3) is 3.65. The van der Waals surface area contributed by atoms with E-state index in [0.717, 1.165) is 6.07 Å². The van der Waals surface area contributed by atoms with Crippen molar-refractivity contribution < 1.29 is 13.6 Å². The number of amides is 1. The van der Waals surface area contributed by atoms with Gasteiger partial charge in [0.05, 0.1) is 17.8 Å². The second-order valence-corrected chi connectivity index (χ2v) is 4.13. The molecule has 0 aromatic heterocycles. The molecule has 0 heterocycles. The first kappa shape index (κ1) is 14.7. The Balaban J connectivity index is 2.21. The number of hydrogen-bond donors (Lipinski definition) is 2. The summed E-state index contributed by atoms with van der Waals surface area (Å²) in [5.41, 5.74) is 5.48. The lowest BCUT2D eigenvalue weighted by Crippen LogP contribution is -2.13. The van der Waals surface area contributed by atoms with Crippen LogP contribution in [0, 0.1) is 23.5 Å². The van der Waals surface area contributed by atoms with Gasteiger partial charge in [-0.2, -0.15) is 0 Å². The van der Waals surface area contributed by atoms with Gasteiger partial charge in [0, 0.05) is 5.56 Å². The van der Waals surface area contributed by atoms with Crippen molar-refractivity contribution >= 4 is 11.6 Å². The molecule has 106 valence electrons. The Kier molecular flexibility index (Phi) is 4.64. The molecular formula is C16H12F2N2O. The fourth-order valence-corrected chi connectivity index (χ4v) is 1.66. The van der Waals surface area contributed by atoms with Crippen molar-refractivity contribution in [2.24, 2.45) is 5.73 Å². The molecule has 0 aliphatic carbocycles. The zero-order valence-corrected chi connectivity index (χ0v) is 11.0. The number of anilines is 1. The number of halogens is 2. The van der Waals surface area contributed by atoms with Gasteiger partial charge in [-0.25, -0.2) is 8.78 Å². The van der Waals surface area contributed by atoms with Gasteiger partial charge in [0.15, 0.2) is 0 Å². The summed E-state index contributed by atoms with van der Waals surface area (Å²) in [6.07, 6.45) is 0. The predicted octanol–water partition coefficient (Wildman–Crippen LogP) is 2.53. The predicted molar refractivity (Wildman–Crippen MR) is 76.7 cm³/mol. The summed E-state index contributed by atoms with van der Waals surface area (Å²) >= 11 is 0. The van der Waals surface area contributed by atoms with E-state index in [1.807, 2.05) is 0 Å². The van der Waals surface area contributed by atoms with Gasteiger partial charge in [-0.15, -0.1) is 0 Å². The average molecular weight is 286 g/mol. The highest BCUT2D eigenvalue weighted by Gasteiger charge is 2.11. The van der Waals surface area contributed by atoms with Gasteiger partial charge in [-0.1, -0.05) is 24.0 Å². The first-order valence-electron chi connectivity index (χ1n) is 6.16. The minimum Gasteiger partial charge on any atom is -0.320 e. The van der Waals surface area contributed by atoms with Crippen LogP contribution in [-0.4, -0.2) is 12.5 Å². The van der Waals surface area contributed by atoms with Gasteiger partial charge in [0.2, 0.25) is 0 Å². The minimum atomic E-state index is -0.628. The molecule has 2 rings (SSSR count). The van der Waals surface area contributed by atoms with Crippen LogP contribution < -0.4 is 11.1 Å². The lowest BCUT2D eigenvalue weighted by molar-refractivity contribution is 0.102. The Bertz CT molecular complexity index is 733. The number of nitrogens with one attached hydrogen (secondary N) is 1. The summed E-state index contributed by atoms with van der Waals surface area (Å²) in [5, 5.41) is 2.38. The maximum Gasteiger partial charge on any atom is 0.255 e. The SMILES string of the molecule is NCC#Cc1ccc(C(=O)Nc2ccccc2F)cc1F. The van der Waals surface area contributed by atoms with Crippen molar-refractivity contribution in [3.63, 3.8) is 0 Å². The topological polar surface area (TPSA) is 55.1 Å². The number of rotatable bonds is 2. The number of nitrogens with two attached hydrogens (primary N) is 1. The summed E-state index contributed by atoms with van der Waals surface area (Å²) in [6, 6.07) is 9.59. The van der Waals surface area contributed by atoms with Crippen molar-refractivity contribution in [3.8, 4) is 11.8 Å². The van der Waals surface area contributed by atoms with Crippen LogP contribution in [0.3, 0.4) is 0 Å². The molecule has 1 amide bonds. The summed E-state index contributed by atoms with van der Waals surface area (Å²) in [7, 11) is 0. The fourth-order valence-electron chi connectivity index (χ4n) is 1.66. The van der Waals surface area contributed by atoms with Crippen LogP contribution in [0.25, 0.3) is 0 Å². The number of para-hydroxylation sites is 1. The van der Waals surface area contributed by atoms with Crippen molar-refractivity contribution in [3.05, 3.63) is 65.2 Å². The van der Waals surface area contributed by atoms with E-state index in [9.17, 15) is 13.6 Å². The molecule has 0 atom stereocenters. The number of carbonyl (C=O) groups is 1. The maximum absolute atomic E-state index is 13.8. The molecule has 21 heavy (non-hydrogen) atoms. The van der Waals surface area contributed by atoms with Crippen molar-refractivity contribution in [2.45, 2.75) is 0 Å². The van der Waals surface area contributed by atoms with E-state index in [4.69, 9.17) is 5.73 Å². The first-order valence-corrected chi connectivity index (χ1v) is 6.16. The van der Waals surface area contributed by atoms with E-state index in [2.05, 4.69) is 17.2 Å². The molecule has 0 aliphatic rings. The monoisotopic (exact) mass is 286 g/mol. The van der Waals surface area contributed by atoms with Crippen molar-refractivity contribution in [1.82, 2.24) is 0 Å². The third-order valence-electron chi connectivity index (χ3n) is 2.68. The van der Waals surface area contributed by atoms with Crippen LogP contribution in [0.1, 0.15) is 15.9 Å². The molecule has 2 aromatic rings. The number of hydrogen-bond acceptors (Lipinski definition) is 2. The van der Waals surface area contributed by atoms with Crippen molar-refractivity contribution in [1.29, 1.82) is 0 Å². The summed E-state index contributed by atoms with van der Waals surface area (Å²) < 4.78 is 27.2. The standard InChI is InChI=1S/C16H12F2N2O/c17-13-5-1-2-6-15(13)20-16(21)12-8-7-11(4-3-9-19)14(18)10-12/h1-2,5-8,10H,9,19H2,(H,20,21). The lowest BCUT2D eigenvalue weighted by atomic mass is 10.1. The normalized spacial score (nSPS) is 9.67. The molecule has 3 N–H and O–H groups in total. The molecule has 0 fully saturated rings. The zero-order valence-electron chi connectivity index (χ0n) is 11.0. The molecule has 0 unspecified atom stereocenters. The molecule has 5 heteroatoms. The van der Waals surface area contributed by atoms with Crippen LogP contribution in [0.4, 0.5) is 14.5 Å². The van der Waals surface area contributed by atoms with Gasteiger partial charge < -0.3 is 11.1 Å². The molecule has 3 nitrogen and oxygen atoms in total. The highest BCUT2D eigenvalue weighted by molar-refractivity contribution is 6.04. The van der Waals surface area contributed by atoms with Crippen molar-refractivity contribution in [2.75, 3.05) is 11.9 Å². The zero-order chi connectivity index (χ0) is 15.2. The third-order valence-corrected chi connectivity index (χ3v) is 2.68. The van der Waals surface area contributed by atoms with Gasteiger partial charge in [0.1, 0.15) is 11.6 Å². The average Bonchev–Trinajstić information content (AvgIpc) is 2.48. The minimum absolute atomic E-state index is 0.0370. The van der Waals surface area contributed by atoms with E-state index in [0.29, 0.717) is 0 Å². The fraction of sp³-hybridized carbons (Fsp3) is 0.0625. The molecule has 0 saturated heterocycles. The smallest absolute Gasteiger partial charge is 0.255 e. The highest BCUT2D eigenvalue weighted by Crippen LogP contribution is 2.15. The summed E-state index contributed by atoms with van der Waals surface area (Å²) in [5.74, 6) is 3.30. The number of carbonyl (C=O) groups excluding carboxylic acids is 1. The van der Waals surface area contributed by atoms with Gasteiger partial charge >= 0.3 is 0 Å². The first-order chi connectivity index (χ1) is 10.1. The molecule has 2 aromatic carbocycles. The number of benzene rings is 2. The Morgan fingerprint density at radius 1 is 1.14 bits per heavy atom. The molecule has 0 bridgehead atoms. The Morgan fingerprint density at radius 2 is 1.90 bits per heavy atom. The second kappa shape index (κ2) is 6.64. The van der Waals surface area contributed by atoms with Gasteiger partial charge in [-0.3, -0.25) is 4.79 Å². The van der Waals surface area contributed by atoms with E-state index in [-0.39, 0.29) is 23.4 Å². The Morgan fingerprint density at radius 3 is 2.57 bits per heavy atom. The largest absolute Gasteiger partial charge is 0.320 e.